The summed E-state index contributed by atoms with van der Waals surface area (Å²) in [5.74, 6) is -1.08. The molecule has 96 valence electrons. The normalized spacial score (nSPS) is 8.95. The second kappa shape index (κ2) is 6.91. The first kappa shape index (κ1) is 14.4. The van der Waals surface area contributed by atoms with Gasteiger partial charge in [0.2, 0.25) is 0 Å². The van der Waals surface area contributed by atoms with E-state index in [1.54, 1.807) is 6.07 Å². The summed E-state index contributed by atoms with van der Waals surface area (Å²) in [6.45, 7) is 1.35. The van der Waals surface area contributed by atoms with E-state index in [0.717, 1.165) is 12.1 Å². The molecule has 0 aliphatic rings. The van der Waals surface area contributed by atoms with Crippen molar-refractivity contribution in [3.05, 3.63) is 59.7 Å². The van der Waals surface area contributed by atoms with Crippen molar-refractivity contribution in [1.82, 2.24) is 9.97 Å². The fourth-order valence-corrected chi connectivity index (χ4v) is 1.06. The summed E-state index contributed by atoms with van der Waals surface area (Å²) in [6.07, 6.45) is 2.53. The van der Waals surface area contributed by atoms with Gasteiger partial charge >= 0.3 is 0 Å². The highest BCUT2D eigenvalue weighted by Gasteiger charge is 1.99. The third-order valence-electron chi connectivity index (χ3n) is 1.92. The number of nitrogens with zero attached hydrogens (tertiary/aromatic N) is 3. The summed E-state index contributed by atoms with van der Waals surface area (Å²) in [5, 5.41) is 8.18. The minimum Gasteiger partial charge on any atom is -0.293 e. The molecule has 0 unspecified atom stereocenters. The molecule has 2 heterocycles. The van der Waals surface area contributed by atoms with Gasteiger partial charge in [-0.15, -0.1) is 0 Å². The number of nitriles is 1. The van der Waals surface area contributed by atoms with Crippen molar-refractivity contribution in [2.24, 2.45) is 0 Å². The van der Waals surface area contributed by atoms with Crippen LogP contribution in [0.15, 0.2) is 36.7 Å². The number of aromatic nitrogens is 2. The van der Waals surface area contributed by atoms with Crippen LogP contribution < -0.4 is 0 Å². The molecule has 0 atom stereocenters. The largest absolute Gasteiger partial charge is 0.293 e. The van der Waals surface area contributed by atoms with Crippen molar-refractivity contribution < 1.29 is 13.6 Å². The van der Waals surface area contributed by atoms with Crippen LogP contribution >= 0.6 is 0 Å². The Kier molecular flexibility index (Phi) is 5.23. The molecular weight excluding hydrogens is 252 g/mol. The summed E-state index contributed by atoms with van der Waals surface area (Å²) in [5.41, 5.74) is 0.273. The Hall–Kier alpha value is -2.68. The third kappa shape index (κ3) is 5.00. The van der Waals surface area contributed by atoms with Gasteiger partial charge in [0.25, 0.3) is 0 Å². The van der Waals surface area contributed by atoms with Crippen LogP contribution in [0.4, 0.5) is 8.78 Å². The zero-order valence-electron chi connectivity index (χ0n) is 9.97. The Balaban J connectivity index is 0.000000191. The van der Waals surface area contributed by atoms with E-state index < -0.39 is 11.6 Å². The highest BCUT2D eigenvalue weighted by Crippen LogP contribution is 1.99. The molecule has 2 rings (SSSR count). The van der Waals surface area contributed by atoms with Crippen LogP contribution in [0.3, 0.4) is 0 Å². The SMILES string of the molecule is CC(=O)c1cc(F)ccn1.N#Cc1cc(F)ccn1. The van der Waals surface area contributed by atoms with Crippen LogP contribution in [0.2, 0.25) is 0 Å². The van der Waals surface area contributed by atoms with Crippen LogP contribution in [0.1, 0.15) is 23.1 Å². The van der Waals surface area contributed by atoms with Crippen molar-refractivity contribution in [3.63, 3.8) is 0 Å². The van der Waals surface area contributed by atoms with Crippen molar-refractivity contribution in [2.45, 2.75) is 6.92 Å². The summed E-state index contributed by atoms with van der Waals surface area (Å²) < 4.78 is 24.5. The van der Waals surface area contributed by atoms with Crippen molar-refractivity contribution in [2.75, 3.05) is 0 Å². The monoisotopic (exact) mass is 261 g/mol. The minimum atomic E-state index is -0.430. The van der Waals surface area contributed by atoms with E-state index in [0.29, 0.717) is 0 Å². The van der Waals surface area contributed by atoms with E-state index in [2.05, 4.69) is 9.97 Å². The van der Waals surface area contributed by atoms with Crippen molar-refractivity contribution >= 4 is 5.78 Å². The third-order valence-corrected chi connectivity index (χ3v) is 1.92. The van der Waals surface area contributed by atoms with E-state index >= 15 is 0 Å². The molecule has 0 saturated heterocycles. The predicted molar refractivity (Wildman–Crippen MR) is 63.1 cm³/mol. The summed E-state index contributed by atoms with van der Waals surface area (Å²) in [7, 11) is 0. The van der Waals surface area contributed by atoms with Gasteiger partial charge in [-0.05, 0) is 12.1 Å². The van der Waals surface area contributed by atoms with Gasteiger partial charge in [0.1, 0.15) is 29.1 Å². The van der Waals surface area contributed by atoms with E-state index in [-0.39, 0.29) is 17.2 Å². The lowest BCUT2D eigenvalue weighted by Gasteiger charge is -1.91. The topological polar surface area (TPSA) is 66.6 Å². The highest BCUT2D eigenvalue weighted by atomic mass is 19.1. The fourth-order valence-electron chi connectivity index (χ4n) is 1.06. The maximum atomic E-state index is 12.3. The van der Waals surface area contributed by atoms with E-state index in [1.807, 2.05) is 0 Å². The lowest BCUT2D eigenvalue weighted by molar-refractivity contribution is 0.101. The van der Waals surface area contributed by atoms with Crippen LogP contribution in [0.25, 0.3) is 0 Å². The lowest BCUT2D eigenvalue weighted by Crippen LogP contribution is -1.95. The Morgan fingerprint density at radius 3 is 2.11 bits per heavy atom. The predicted octanol–water partition coefficient (Wildman–Crippen LogP) is 2.52. The van der Waals surface area contributed by atoms with Gasteiger partial charge < -0.3 is 0 Å². The fraction of sp³-hybridized carbons (Fsp3) is 0.0769. The molecule has 0 aliphatic carbocycles. The maximum absolute atomic E-state index is 12.3. The average molecular weight is 261 g/mol. The Morgan fingerprint density at radius 1 is 1.16 bits per heavy atom. The number of halogens is 2. The van der Waals surface area contributed by atoms with Crippen molar-refractivity contribution in [3.8, 4) is 6.07 Å². The van der Waals surface area contributed by atoms with Gasteiger partial charge in [0, 0.05) is 31.5 Å². The molecule has 0 spiro atoms. The number of Topliss-reactive ketones (excluding diaryl/α,β-unsaturated/α-hetero) is 1. The van der Waals surface area contributed by atoms with Crippen LogP contribution in [-0.2, 0) is 0 Å². The number of hydrogen-bond acceptors (Lipinski definition) is 4. The summed E-state index contributed by atoms with van der Waals surface area (Å²) in [6, 6.07) is 6.31. The molecule has 2 aromatic rings. The highest BCUT2D eigenvalue weighted by molar-refractivity contribution is 5.91. The number of hydrogen-bond donors (Lipinski definition) is 0. The zero-order chi connectivity index (χ0) is 14.3. The Bertz CT molecular complexity index is 623. The molecule has 0 aliphatic heterocycles. The zero-order valence-corrected chi connectivity index (χ0v) is 9.97. The first-order valence-electron chi connectivity index (χ1n) is 5.17. The first-order valence-corrected chi connectivity index (χ1v) is 5.17. The number of carbonyl (C=O) groups is 1. The molecule has 0 N–H and O–H groups in total. The van der Waals surface area contributed by atoms with Gasteiger partial charge in [-0.25, -0.2) is 13.8 Å². The van der Waals surface area contributed by atoms with Crippen LogP contribution in [0, 0.1) is 23.0 Å². The maximum Gasteiger partial charge on any atom is 0.178 e. The molecule has 19 heavy (non-hydrogen) atoms. The molecule has 2 aromatic heterocycles. The molecule has 0 aromatic carbocycles. The average Bonchev–Trinajstić information content (AvgIpc) is 2.39. The standard InChI is InChI=1S/C7H6FNO.C6H3FN2/c1-5(10)7-4-6(8)2-3-9-7;7-5-1-2-9-6(3-5)4-8/h2-4H,1H3;1-3H. The minimum absolute atomic E-state index is 0.106. The second-order valence-electron chi connectivity index (χ2n) is 3.39. The molecule has 0 amide bonds. The van der Waals surface area contributed by atoms with Gasteiger partial charge in [-0.2, -0.15) is 5.26 Å². The summed E-state index contributed by atoms with van der Waals surface area (Å²) in [4.78, 5) is 17.8. The van der Waals surface area contributed by atoms with Crippen LogP contribution in [0.5, 0.6) is 0 Å². The number of ketones is 1. The van der Waals surface area contributed by atoms with E-state index in [1.165, 1.54) is 31.5 Å². The van der Waals surface area contributed by atoms with Gasteiger partial charge in [-0.3, -0.25) is 9.78 Å². The molecule has 0 fully saturated rings. The molecule has 6 heteroatoms. The van der Waals surface area contributed by atoms with Gasteiger partial charge in [-0.1, -0.05) is 0 Å². The quantitative estimate of drug-likeness (QED) is 0.740. The smallest absolute Gasteiger partial charge is 0.178 e. The lowest BCUT2D eigenvalue weighted by atomic mass is 10.3. The molecule has 0 bridgehead atoms. The van der Waals surface area contributed by atoms with E-state index in [9.17, 15) is 13.6 Å². The number of rotatable bonds is 1. The molecule has 0 radical (unpaired) electrons. The Labute approximate surface area is 108 Å². The summed E-state index contributed by atoms with van der Waals surface area (Å²) >= 11 is 0. The number of pyridine rings is 2. The molecule has 0 saturated carbocycles. The Morgan fingerprint density at radius 2 is 1.74 bits per heavy atom. The van der Waals surface area contributed by atoms with E-state index in [4.69, 9.17) is 5.26 Å². The van der Waals surface area contributed by atoms with Gasteiger partial charge in [0.05, 0.1) is 0 Å². The first-order chi connectivity index (χ1) is 9.02. The second-order valence-corrected chi connectivity index (χ2v) is 3.39. The molecular formula is C13H9F2N3O. The molecule has 4 nitrogen and oxygen atoms in total. The number of carbonyl (C=O) groups excluding carboxylic acids is 1. The van der Waals surface area contributed by atoms with Gasteiger partial charge in [0.15, 0.2) is 5.78 Å². The van der Waals surface area contributed by atoms with Crippen molar-refractivity contribution in [1.29, 1.82) is 5.26 Å². The van der Waals surface area contributed by atoms with Crippen LogP contribution in [-0.4, -0.2) is 15.8 Å².